The Hall–Kier alpha value is -2.25. The summed E-state index contributed by atoms with van der Waals surface area (Å²) in [6.45, 7) is 3.94. The summed E-state index contributed by atoms with van der Waals surface area (Å²) in [7, 11) is 0. The Morgan fingerprint density at radius 3 is 2.76 bits per heavy atom. The predicted octanol–water partition coefficient (Wildman–Crippen LogP) is 1.83. The molecule has 1 saturated heterocycles. The Balaban J connectivity index is 1.72. The second-order valence-electron chi connectivity index (χ2n) is 6.57. The van der Waals surface area contributed by atoms with Crippen LogP contribution in [-0.4, -0.2) is 57.6 Å². The molecule has 0 bridgehead atoms. The average molecular weight is 346 g/mol. The van der Waals surface area contributed by atoms with Gasteiger partial charge in [-0.25, -0.2) is 9.07 Å². The maximum absolute atomic E-state index is 13.5. The molecule has 1 aliphatic heterocycles. The van der Waals surface area contributed by atoms with E-state index in [1.54, 1.807) is 15.6 Å². The van der Waals surface area contributed by atoms with Gasteiger partial charge in [-0.05, 0) is 32.4 Å². The molecule has 2 aromatic rings. The molecule has 1 aliphatic rings. The summed E-state index contributed by atoms with van der Waals surface area (Å²) in [6, 6.07) is 9.33. The molecule has 0 saturated carbocycles. The van der Waals surface area contributed by atoms with Crippen molar-refractivity contribution in [3.05, 3.63) is 41.6 Å². The van der Waals surface area contributed by atoms with Crippen LogP contribution in [0.5, 0.6) is 0 Å². The van der Waals surface area contributed by atoms with E-state index in [1.165, 1.54) is 0 Å². The number of hydrogen-bond donors (Lipinski definition) is 2. The summed E-state index contributed by atoms with van der Waals surface area (Å²) >= 11 is 0. The number of aryl methyl sites for hydroxylation is 2. The largest absolute Gasteiger partial charge is 0.395 e. The number of aliphatic hydroxyl groups is 1. The highest BCUT2D eigenvalue weighted by Gasteiger charge is 2.32. The van der Waals surface area contributed by atoms with Gasteiger partial charge in [0.1, 0.15) is 12.0 Å². The molecule has 7 heteroatoms. The van der Waals surface area contributed by atoms with E-state index in [9.17, 15) is 14.3 Å². The summed E-state index contributed by atoms with van der Waals surface area (Å²) in [6.07, 6.45) is -0.727. The number of nitrogens with zero attached hydrogens (tertiary/aromatic N) is 3. The molecule has 1 fully saturated rings. The van der Waals surface area contributed by atoms with Crippen LogP contribution < -0.4 is 5.32 Å². The van der Waals surface area contributed by atoms with Gasteiger partial charge in [0.2, 0.25) is 5.91 Å². The standard InChI is InChI=1S/C18H23FN4O2/c1-12-3-5-15(6-4-12)23-17(7-13(2)21-23)20-18(25)10-22-9-14(19)8-16(22)11-24/h3-7,14,16,24H,8-11H2,1-2H3,(H,20,25)/t14-,16-/m0/s1. The maximum Gasteiger partial charge on any atom is 0.239 e. The fraction of sp³-hybridized carbons (Fsp3) is 0.444. The summed E-state index contributed by atoms with van der Waals surface area (Å²) in [5, 5.41) is 16.6. The van der Waals surface area contributed by atoms with Crippen molar-refractivity contribution in [1.29, 1.82) is 0 Å². The number of aliphatic hydroxyl groups excluding tert-OH is 1. The Morgan fingerprint density at radius 2 is 2.08 bits per heavy atom. The third kappa shape index (κ3) is 4.05. The first-order valence-electron chi connectivity index (χ1n) is 8.39. The monoisotopic (exact) mass is 346 g/mol. The summed E-state index contributed by atoms with van der Waals surface area (Å²) in [5.74, 6) is 0.323. The number of carbonyl (C=O) groups excluding carboxylic acids is 1. The lowest BCUT2D eigenvalue weighted by molar-refractivity contribution is -0.117. The number of rotatable bonds is 5. The van der Waals surface area contributed by atoms with Crippen molar-refractivity contribution in [2.75, 3.05) is 25.0 Å². The molecule has 2 atom stereocenters. The minimum Gasteiger partial charge on any atom is -0.395 e. The zero-order valence-corrected chi connectivity index (χ0v) is 14.4. The summed E-state index contributed by atoms with van der Waals surface area (Å²) in [5.41, 5.74) is 2.78. The molecule has 0 unspecified atom stereocenters. The van der Waals surface area contributed by atoms with Gasteiger partial charge in [0.15, 0.2) is 0 Å². The van der Waals surface area contributed by atoms with Crippen LogP contribution in [0.15, 0.2) is 30.3 Å². The molecule has 1 aromatic carbocycles. The average Bonchev–Trinajstić information content (AvgIpc) is 3.10. The van der Waals surface area contributed by atoms with Gasteiger partial charge in [0.05, 0.1) is 24.5 Å². The highest BCUT2D eigenvalue weighted by Crippen LogP contribution is 2.21. The molecule has 6 nitrogen and oxygen atoms in total. The molecule has 1 aromatic heterocycles. The minimum absolute atomic E-state index is 0.0454. The molecular formula is C18H23FN4O2. The molecular weight excluding hydrogens is 323 g/mol. The van der Waals surface area contributed by atoms with Crippen molar-refractivity contribution >= 4 is 11.7 Å². The molecule has 2 N–H and O–H groups in total. The van der Waals surface area contributed by atoms with Crippen molar-refractivity contribution in [3.63, 3.8) is 0 Å². The number of anilines is 1. The lowest BCUT2D eigenvalue weighted by Gasteiger charge is -2.21. The highest BCUT2D eigenvalue weighted by atomic mass is 19.1. The van der Waals surface area contributed by atoms with Crippen molar-refractivity contribution < 1.29 is 14.3 Å². The van der Waals surface area contributed by atoms with Crippen LogP contribution in [0.25, 0.3) is 5.69 Å². The van der Waals surface area contributed by atoms with E-state index in [-0.39, 0.29) is 38.1 Å². The molecule has 134 valence electrons. The topological polar surface area (TPSA) is 70.4 Å². The molecule has 25 heavy (non-hydrogen) atoms. The van der Waals surface area contributed by atoms with Gasteiger partial charge in [-0.15, -0.1) is 0 Å². The number of carbonyl (C=O) groups is 1. The molecule has 0 aliphatic carbocycles. The van der Waals surface area contributed by atoms with Crippen LogP contribution in [-0.2, 0) is 4.79 Å². The van der Waals surface area contributed by atoms with Crippen LogP contribution in [0.3, 0.4) is 0 Å². The van der Waals surface area contributed by atoms with Crippen LogP contribution in [0.2, 0.25) is 0 Å². The van der Waals surface area contributed by atoms with Gasteiger partial charge in [-0.2, -0.15) is 5.10 Å². The van der Waals surface area contributed by atoms with E-state index < -0.39 is 6.17 Å². The van der Waals surface area contributed by atoms with Gasteiger partial charge >= 0.3 is 0 Å². The van der Waals surface area contributed by atoms with Gasteiger partial charge in [0.25, 0.3) is 0 Å². The number of hydrogen-bond acceptors (Lipinski definition) is 4. The van der Waals surface area contributed by atoms with E-state index >= 15 is 0 Å². The first kappa shape index (κ1) is 17.6. The van der Waals surface area contributed by atoms with Crippen molar-refractivity contribution in [2.45, 2.75) is 32.5 Å². The predicted molar refractivity (Wildman–Crippen MR) is 93.6 cm³/mol. The number of alkyl halides is 1. The van der Waals surface area contributed by atoms with E-state index in [0.29, 0.717) is 5.82 Å². The van der Waals surface area contributed by atoms with Crippen LogP contribution in [0.4, 0.5) is 10.2 Å². The zero-order valence-electron chi connectivity index (χ0n) is 14.4. The fourth-order valence-electron chi connectivity index (χ4n) is 3.14. The fourth-order valence-corrected chi connectivity index (χ4v) is 3.14. The zero-order chi connectivity index (χ0) is 18.0. The van der Waals surface area contributed by atoms with Crippen LogP contribution >= 0.6 is 0 Å². The quantitative estimate of drug-likeness (QED) is 0.867. The first-order valence-corrected chi connectivity index (χ1v) is 8.39. The number of halogens is 1. The lowest BCUT2D eigenvalue weighted by atomic mass is 10.2. The van der Waals surface area contributed by atoms with E-state index in [4.69, 9.17) is 0 Å². The van der Waals surface area contributed by atoms with Gasteiger partial charge < -0.3 is 10.4 Å². The Bertz CT molecular complexity index is 744. The normalized spacial score (nSPS) is 20.8. The molecule has 0 spiro atoms. The third-order valence-electron chi connectivity index (χ3n) is 4.41. The van der Waals surface area contributed by atoms with Crippen molar-refractivity contribution in [3.8, 4) is 5.69 Å². The summed E-state index contributed by atoms with van der Waals surface area (Å²) in [4.78, 5) is 14.1. The van der Waals surface area contributed by atoms with E-state index in [1.807, 2.05) is 38.1 Å². The Labute approximate surface area is 146 Å². The SMILES string of the molecule is Cc1ccc(-n2nc(C)cc2NC(=O)CN2C[C@@H](F)C[C@H]2CO)cc1. The lowest BCUT2D eigenvalue weighted by Crippen LogP contribution is -2.39. The maximum atomic E-state index is 13.5. The van der Waals surface area contributed by atoms with Crippen molar-refractivity contribution in [2.24, 2.45) is 0 Å². The summed E-state index contributed by atoms with van der Waals surface area (Å²) < 4.78 is 15.2. The highest BCUT2D eigenvalue weighted by molar-refractivity contribution is 5.91. The van der Waals surface area contributed by atoms with Gasteiger partial charge in [0, 0.05) is 18.7 Å². The minimum atomic E-state index is -0.995. The van der Waals surface area contributed by atoms with E-state index in [2.05, 4.69) is 10.4 Å². The third-order valence-corrected chi connectivity index (χ3v) is 4.41. The van der Waals surface area contributed by atoms with Crippen LogP contribution in [0, 0.1) is 13.8 Å². The number of likely N-dealkylation sites (tertiary alicyclic amines) is 1. The Morgan fingerprint density at radius 1 is 1.36 bits per heavy atom. The van der Waals surface area contributed by atoms with Crippen molar-refractivity contribution in [1.82, 2.24) is 14.7 Å². The van der Waals surface area contributed by atoms with Crippen LogP contribution in [0.1, 0.15) is 17.7 Å². The molecule has 1 amide bonds. The van der Waals surface area contributed by atoms with Gasteiger partial charge in [-0.1, -0.05) is 17.7 Å². The second-order valence-corrected chi connectivity index (χ2v) is 6.57. The second kappa shape index (κ2) is 7.33. The number of nitrogens with one attached hydrogen (secondary N) is 1. The number of benzene rings is 1. The first-order chi connectivity index (χ1) is 12.0. The number of amides is 1. The van der Waals surface area contributed by atoms with E-state index in [0.717, 1.165) is 16.9 Å². The number of aromatic nitrogens is 2. The van der Waals surface area contributed by atoms with Gasteiger partial charge in [-0.3, -0.25) is 9.69 Å². The molecule has 3 rings (SSSR count). The molecule has 2 heterocycles. The molecule has 0 radical (unpaired) electrons. The smallest absolute Gasteiger partial charge is 0.239 e. The Kier molecular flexibility index (Phi) is 5.15.